The van der Waals surface area contributed by atoms with Crippen molar-refractivity contribution in [1.82, 2.24) is 4.90 Å². The summed E-state index contributed by atoms with van der Waals surface area (Å²) in [7, 11) is 0. The van der Waals surface area contributed by atoms with Gasteiger partial charge in [0.15, 0.2) is 0 Å². The summed E-state index contributed by atoms with van der Waals surface area (Å²) in [5, 5.41) is 10.5. The number of rotatable bonds is 8. The van der Waals surface area contributed by atoms with Crippen LogP contribution in [0.4, 0.5) is 10.1 Å². The quantitative estimate of drug-likeness (QED) is 0.450. The number of ether oxygens (including phenoxy) is 1. The van der Waals surface area contributed by atoms with Crippen LogP contribution in [0.15, 0.2) is 60.7 Å². The highest BCUT2D eigenvalue weighted by Gasteiger charge is 2.22. The van der Waals surface area contributed by atoms with Gasteiger partial charge in [-0.2, -0.15) is 0 Å². The van der Waals surface area contributed by atoms with Gasteiger partial charge in [-0.1, -0.05) is 42.5 Å². The number of benzene rings is 3. The molecule has 0 amide bonds. The number of aliphatic hydroxyl groups is 1. The van der Waals surface area contributed by atoms with E-state index in [4.69, 9.17) is 10.5 Å². The maximum Gasteiger partial charge on any atom is 0.145 e. The van der Waals surface area contributed by atoms with E-state index in [1.807, 2.05) is 38.1 Å². The van der Waals surface area contributed by atoms with Gasteiger partial charge in [0, 0.05) is 6.54 Å². The first kappa shape index (κ1) is 24.2. The molecule has 3 aromatic rings. The van der Waals surface area contributed by atoms with Gasteiger partial charge in [-0.05, 0) is 98.1 Å². The van der Waals surface area contributed by atoms with E-state index in [0.717, 1.165) is 49.0 Å². The minimum Gasteiger partial charge on any atom is -0.488 e. The Morgan fingerprint density at radius 2 is 1.62 bits per heavy atom. The van der Waals surface area contributed by atoms with Crippen molar-refractivity contribution in [3.05, 3.63) is 94.3 Å². The summed E-state index contributed by atoms with van der Waals surface area (Å²) in [5.41, 5.74) is 12.5. The van der Waals surface area contributed by atoms with E-state index in [1.54, 1.807) is 0 Å². The smallest absolute Gasteiger partial charge is 0.145 e. The van der Waals surface area contributed by atoms with Gasteiger partial charge in [-0.25, -0.2) is 4.39 Å². The largest absolute Gasteiger partial charge is 0.488 e. The van der Waals surface area contributed by atoms with Crippen molar-refractivity contribution < 1.29 is 14.2 Å². The number of nitrogen functional groups attached to an aromatic ring is 1. The van der Waals surface area contributed by atoms with Gasteiger partial charge in [0.2, 0.25) is 0 Å². The van der Waals surface area contributed by atoms with Gasteiger partial charge in [0.25, 0.3) is 0 Å². The predicted molar refractivity (Wildman–Crippen MR) is 136 cm³/mol. The summed E-state index contributed by atoms with van der Waals surface area (Å²) >= 11 is 0. The molecule has 1 saturated heterocycles. The van der Waals surface area contributed by atoms with E-state index >= 15 is 0 Å². The Morgan fingerprint density at radius 3 is 2.24 bits per heavy atom. The Balaban J connectivity index is 1.22. The summed E-state index contributed by atoms with van der Waals surface area (Å²) in [6, 6.07) is 19.5. The molecule has 3 N–H and O–H groups in total. The molecule has 1 fully saturated rings. The Morgan fingerprint density at radius 1 is 1.00 bits per heavy atom. The van der Waals surface area contributed by atoms with Crippen LogP contribution in [0.1, 0.15) is 46.6 Å². The van der Waals surface area contributed by atoms with Gasteiger partial charge in [-0.15, -0.1) is 0 Å². The van der Waals surface area contributed by atoms with Crippen LogP contribution in [-0.4, -0.2) is 42.4 Å². The number of hydrogen-bond donors (Lipinski definition) is 2. The topological polar surface area (TPSA) is 58.7 Å². The standard InChI is InChI=1S/C29H35FN2O2/c1-20-15-21(2)29(28(31)16-20)34-19-27(33)18-32-13-11-25(12-14-32)24-7-3-22(4-8-24)17-23-5-9-26(30)10-6-23/h3-10,15-16,25,27,33H,11-14,17-19,31H2,1-2H3. The number of aryl methyl sites for hydroxylation is 2. The molecule has 4 rings (SSSR count). The molecule has 0 saturated carbocycles. The lowest BCUT2D eigenvalue weighted by Crippen LogP contribution is -2.40. The molecule has 1 heterocycles. The highest BCUT2D eigenvalue weighted by atomic mass is 19.1. The number of halogens is 1. The van der Waals surface area contributed by atoms with Crippen LogP contribution in [0.2, 0.25) is 0 Å². The molecule has 0 radical (unpaired) electrons. The van der Waals surface area contributed by atoms with E-state index in [2.05, 4.69) is 29.2 Å². The maximum absolute atomic E-state index is 13.1. The monoisotopic (exact) mass is 462 g/mol. The second kappa shape index (κ2) is 11.0. The first-order valence-electron chi connectivity index (χ1n) is 12.1. The van der Waals surface area contributed by atoms with Crippen LogP contribution >= 0.6 is 0 Å². The molecule has 5 heteroatoms. The molecule has 0 aliphatic carbocycles. The molecule has 4 nitrogen and oxygen atoms in total. The van der Waals surface area contributed by atoms with E-state index in [1.165, 1.54) is 23.3 Å². The minimum absolute atomic E-state index is 0.198. The fourth-order valence-electron chi connectivity index (χ4n) is 4.91. The average molecular weight is 463 g/mol. The van der Waals surface area contributed by atoms with Crippen LogP contribution in [-0.2, 0) is 6.42 Å². The Kier molecular flexibility index (Phi) is 7.86. The summed E-state index contributed by atoms with van der Waals surface area (Å²) in [6.45, 7) is 6.76. The number of nitrogens with two attached hydrogens (primary N) is 1. The molecule has 1 unspecified atom stereocenters. The van der Waals surface area contributed by atoms with E-state index in [0.29, 0.717) is 23.9 Å². The number of nitrogens with zero attached hydrogens (tertiary/aromatic N) is 1. The van der Waals surface area contributed by atoms with Gasteiger partial charge >= 0.3 is 0 Å². The predicted octanol–water partition coefficient (Wildman–Crippen LogP) is 5.23. The van der Waals surface area contributed by atoms with Crippen molar-refractivity contribution in [2.45, 2.75) is 45.1 Å². The Hall–Kier alpha value is -2.89. The third kappa shape index (κ3) is 6.37. The number of likely N-dealkylation sites (tertiary alicyclic amines) is 1. The van der Waals surface area contributed by atoms with Gasteiger partial charge in [-0.3, -0.25) is 0 Å². The number of aliphatic hydroxyl groups excluding tert-OH is 1. The van der Waals surface area contributed by atoms with Crippen LogP contribution in [0.25, 0.3) is 0 Å². The van der Waals surface area contributed by atoms with Gasteiger partial charge < -0.3 is 20.5 Å². The number of anilines is 1. The first-order chi connectivity index (χ1) is 16.4. The highest BCUT2D eigenvalue weighted by Crippen LogP contribution is 2.30. The van der Waals surface area contributed by atoms with E-state index in [9.17, 15) is 9.50 Å². The second-order valence-electron chi connectivity index (χ2n) is 9.58. The molecule has 0 bridgehead atoms. The summed E-state index contributed by atoms with van der Waals surface area (Å²) in [4.78, 5) is 2.32. The average Bonchev–Trinajstić information content (AvgIpc) is 2.81. The fraction of sp³-hybridized carbons (Fsp3) is 0.379. The number of piperidine rings is 1. The SMILES string of the molecule is Cc1cc(C)c(OCC(O)CN2CCC(c3ccc(Cc4ccc(F)cc4)cc3)CC2)c(N)c1. The normalized spacial score (nSPS) is 15.9. The molecular formula is C29H35FN2O2. The molecule has 34 heavy (non-hydrogen) atoms. The molecule has 180 valence electrons. The van der Waals surface area contributed by atoms with Crippen molar-refractivity contribution in [1.29, 1.82) is 0 Å². The van der Waals surface area contributed by atoms with Crippen LogP contribution in [0.5, 0.6) is 5.75 Å². The summed E-state index contributed by atoms with van der Waals surface area (Å²) < 4.78 is 19.0. The zero-order chi connectivity index (χ0) is 24.1. The lowest BCUT2D eigenvalue weighted by Gasteiger charge is -2.33. The molecule has 1 aliphatic rings. The van der Waals surface area contributed by atoms with Crippen molar-refractivity contribution >= 4 is 5.69 Å². The fourth-order valence-corrected chi connectivity index (χ4v) is 4.91. The molecule has 0 aromatic heterocycles. The Labute approximate surface area is 202 Å². The van der Waals surface area contributed by atoms with Gasteiger partial charge in [0.1, 0.15) is 24.3 Å². The molecule has 0 spiro atoms. The third-order valence-corrected chi connectivity index (χ3v) is 6.70. The van der Waals surface area contributed by atoms with Crippen molar-refractivity contribution in [2.75, 3.05) is 32.0 Å². The van der Waals surface area contributed by atoms with Crippen LogP contribution in [0.3, 0.4) is 0 Å². The van der Waals surface area contributed by atoms with Crippen LogP contribution in [0, 0.1) is 19.7 Å². The van der Waals surface area contributed by atoms with Crippen molar-refractivity contribution in [3.63, 3.8) is 0 Å². The zero-order valence-electron chi connectivity index (χ0n) is 20.1. The Bertz CT molecular complexity index is 1050. The van der Waals surface area contributed by atoms with E-state index in [-0.39, 0.29) is 12.4 Å². The van der Waals surface area contributed by atoms with E-state index < -0.39 is 6.10 Å². The number of hydrogen-bond acceptors (Lipinski definition) is 4. The molecule has 1 atom stereocenters. The maximum atomic E-state index is 13.1. The first-order valence-corrected chi connectivity index (χ1v) is 12.1. The lowest BCUT2D eigenvalue weighted by atomic mass is 9.88. The summed E-state index contributed by atoms with van der Waals surface area (Å²) in [5.74, 6) is 1.02. The second-order valence-corrected chi connectivity index (χ2v) is 9.58. The van der Waals surface area contributed by atoms with Crippen molar-refractivity contribution in [3.8, 4) is 5.75 Å². The lowest BCUT2D eigenvalue weighted by molar-refractivity contribution is 0.0595. The minimum atomic E-state index is -0.553. The van der Waals surface area contributed by atoms with Gasteiger partial charge in [0.05, 0.1) is 5.69 Å². The zero-order valence-corrected chi connectivity index (χ0v) is 20.1. The highest BCUT2D eigenvalue weighted by molar-refractivity contribution is 5.58. The van der Waals surface area contributed by atoms with Crippen LogP contribution < -0.4 is 10.5 Å². The van der Waals surface area contributed by atoms with Crippen molar-refractivity contribution in [2.24, 2.45) is 0 Å². The molecule has 3 aromatic carbocycles. The molecule has 1 aliphatic heterocycles. The number of β-amino-alcohol motifs (C(OH)–C–C–N with tert-alkyl or cyclic N) is 1. The third-order valence-electron chi connectivity index (χ3n) is 6.70. The summed E-state index contributed by atoms with van der Waals surface area (Å²) in [6.07, 6.45) is 2.42. The molecular weight excluding hydrogens is 427 g/mol.